The number of nitrogens with two attached hydrogens (primary N) is 1. The molecule has 14 heavy (non-hydrogen) atoms. The molecular formula is C13H28N+. The molecule has 2 N–H and O–H groups in total. The zero-order valence-corrected chi connectivity index (χ0v) is 10.1. The molecule has 1 heteroatoms. The van der Waals surface area contributed by atoms with Crippen molar-refractivity contribution >= 4 is 0 Å². The van der Waals surface area contributed by atoms with Gasteiger partial charge in [0.2, 0.25) is 0 Å². The lowest BCUT2D eigenvalue weighted by atomic mass is 9.89. The molecule has 0 unspecified atom stereocenters. The Kier molecular flexibility index (Phi) is 6.25. The maximum Gasteiger partial charge on any atom is 0.0830 e. The molecular weight excluding hydrogens is 170 g/mol. The zero-order chi connectivity index (χ0) is 10.2. The highest BCUT2D eigenvalue weighted by molar-refractivity contribution is 4.64. The molecule has 0 aromatic rings. The number of hydrogen-bond acceptors (Lipinski definition) is 0. The van der Waals surface area contributed by atoms with E-state index in [1.165, 1.54) is 57.9 Å². The molecule has 0 spiro atoms. The van der Waals surface area contributed by atoms with Crippen LogP contribution >= 0.6 is 0 Å². The summed E-state index contributed by atoms with van der Waals surface area (Å²) in [6.07, 6.45) is 11.6. The highest BCUT2D eigenvalue weighted by Gasteiger charge is 2.16. The second-order valence-corrected chi connectivity index (χ2v) is 5.09. The third-order valence-electron chi connectivity index (χ3n) is 3.61. The summed E-state index contributed by atoms with van der Waals surface area (Å²) in [6.45, 7) is 6.07. The summed E-state index contributed by atoms with van der Waals surface area (Å²) in [4.78, 5) is 0. The van der Waals surface area contributed by atoms with Gasteiger partial charge in [-0.1, -0.05) is 32.6 Å². The Labute approximate surface area is 89.7 Å². The van der Waals surface area contributed by atoms with Crippen molar-refractivity contribution in [2.45, 2.75) is 71.3 Å². The van der Waals surface area contributed by atoms with E-state index in [0.29, 0.717) is 0 Å². The van der Waals surface area contributed by atoms with Crippen molar-refractivity contribution in [3.63, 3.8) is 0 Å². The SMILES string of the molecule is CCCC[C@@H](C)[NH2+]CC1CCCCC1. The van der Waals surface area contributed by atoms with Gasteiger partial charge in [-0.3, -0.25) is 0 Å². The Morgan fingerprint density at radius 2 is 1.93 bits per heavy atom. The molecule has 1 aliphatic carbocycles. The van der Waals surface area contributed by atoms with Gasteiger partial charge < -0.3 is 5.32 Å². The van der Waals surface area contributed by atoms with Crippen LogP contribution in [0.15, 0.2) is 0 Å². The highest BCUT2D eigenvalue weighted by Crippen LogP contribution is 2.21. The molecule has 0 aromatic heterocycles. The quantitative estimate of drug-likeness (QED) is 0.676. The second-order valence-electron chi connectivity index (χ2n) is 5.09. The van der Waals surface area contributed by atoms with Gasteiger partial charge in [-0.15, -0.1) is 0 Å². The molecule has 1 atom stereocenters. The fourth-order valence-electron chi connectivity index (χ4n) is 2.49. The van der Waals surface area contributed by atoms with Crippen molar-refractivity contribution in [2.24, 2.45) is 5.92 Å². The fraction of sp³-hybridized carbons (Fsp3) is 1.00. The molecule has 0 heterocycles. The topological polar surface area (TPSA) is 16.6 Å². The van der Waals surface area contributed by atoms with Crippen molar-refractivity contribution in [1.82, 2.24) is 0 Å². The van der Waals surface area contributed by atoms with Gasteiger partial charge in [-0.2, -0.15) is 0 Å². The van der Waals surface area contributed by atoms with E-state index in [0.717, 1.165) is 12.0 Å². The van der Waals surface area contributed by atoms with Gasteiger partial charge >= 0.3 is 0 Å². The minimum absolute atomic E-state index is 0.858. The van der Waals surface area contributed by atoms with Crippen LogP contribution in [0.3, 0.4) is 0 Å². The third-order valence-corrected chi connectivity index (χ3v) is 3.61. The molecule has 0 radical (unpaired) electrons. The Morgan fingerprint density at radius 1 is 1.21 bits per heavy atom. The smallest absolute Gasteiger partial charge is 0.0830 e. The van der Waals surface area contributed by atoms with Crippen molar-refractivity contribution < 1.29 is 5.32 Å². The van der Waals surface area contributed by atoms with E-state index in [1.54, 1.807) is 0 Å². The number of quaternary nitrogens is 1. The van der Waals surface area contributed by atoms with Crippen LogP contribution in [0.5, 0.6) is 0 Å². The van der Waals surface area contributed by atoms with Gasteiger partial charge in [0.25, 0.3) is 0 Å². The lowest BCUT2D eigenvalue weighted by molar-refractivity contribution is -0.692. The van der Waals surface area contributed by atoms with E-state index in [9.17, 15) is 0 Å². The summed E-state index contributed by atoms with van der Waals surface area (Å²) in [5.41, 5.74) is 0. The van der Waals surface area contributed by atoms with E-state index >= 15 is 0 Å². The van der Waals surface area contributed by atoms with Gasteiger partial charge in [-0.05, 0) is 32.6 Å². The van der Waals surface area contributed by atoms with Crippen molar-refractivity contribution in [2.75, 3.05) is 6.54 Å². The van der Waals surface area contributed by atoms with E-state index in [1.807, 2.05) is 0 Å². The first-order valence-corrected chi connectivity index (χ1v) is 6.66. The van der Waals surface area contributed by atoms with Crippen LogP contribution in [0.2, 0.25) is 0 Å². The summed E-state index contributed by atoms with van der Waals surface area (Å²) >= 11 is 0. The predicted octanol–water partition coefficient (Wildman–Crippen LogP) is 2.71. The molecule has 0 amide bonds. The van der Waals surface area contributed by atoms with Gasteiger partial charge in [0.1, 0.15) is 0 Å². The van der Waals surface area contributed by atoms with Crippen molar-refractivity contribution in [3.8, 4) is 0 Å². The molecule has 1 saturated carbocycles. The largest absolute Gasteiger partial charge is 0.344 e. The molecule has 1 rings (SSSR count). The van der Waals surface area contributed by atoms with Crippen LogP contribution < -0.4 is 5.32 Å². The monoisotopic (exact) mass is 198 g/mol. The average molecular weight is 198 g/mol. The highest BCUT2D eigenvalue weighted by atomic mass is 14.9. The predicted molar refractivity (Wildman–Crippen MR) is 62.4 cm³/mol. The van der Waals surface area contributed by atoms with Crippen LogP contribution in [0, 0.1) is 5.92 Å². The Balaban J connectivity index is 2.00. The van der Waals surface area contributed by atoms with E-state index in [2.05, 4.69) is 19.2 Å². The Hall–Kier alpha value is -0.0400. The minimum atomic E-state index is 0.858. The Morgan fingerprint density at radius 3 is 2.57 bits per heavy atom. The first kappa shape index (κ1) is 12.0. The molecule has 0 saturated heterocycles. The van der Waals surface area contributed by atoms with E-state index in [-0.39, 0.29) is 0 Å². The molecule has 1 aliphatic rings. The van der Waals surface area contributed by atoms with Crippen LogP contribution in [0.1, 0.15) is 65.2 Å². The third kappa shape index (κ3) is 4.99. The van der Waals surface area contributed by atoms with Crippen LogP contribution in [-0.2, 0) is 0 Å². The Bertz CT molecular complexity index is 127. The number of hydrogen-bond donors (Lipinski definition) is 1. The summed E-state index contributed by atoms with van der Waals surface area (Å²) in [5, 5.41) is 2.59. The van der Waals surface area contributed by atoms with E-state index < -0.39 is 0 Å². The first-order chi connectivity index (χ1) is 6.83. The maximum absolute atomic E-state index is 2.59. The van der Waals surface area contributed by atoms with Crippen LogP contribution in [-0.4, -0.2) is 12.6 Å². The first-order valence-electron chi connectivity index (χ1n) is 6.66. The van der Waals surface area contributed by atoms with Gasteiger partial charge in [0.05, 0.1) is 12.6 Å². The maximum atomic E-state index is 2.59. The van der Waals surface area contributed by atoms with E-state index in [4.69, 9.17) is 0 Å². The molecule has 1 nitrogen and oxygen atoms in total. The van der Waals surface area contributed by atoms with Gasteiger partial charge in [0, 0.05) is 5.92 Å². The zero-order valence-electron chi connectivity index (χ0n) is 10.1. The molecule has 0 bridgehead atoms. The molecule has 0 aromatic carbocycles. The summed E-state index contributed by atoms with van der Waals surface area (Å²) in [7, 11) is 0. The second kappa shape index (κ2) is 7.28. The molecule has 1 fully saturated rings. The summed E-state index contributed by atoms with van der Waals surface area (Å²) in [5.74, 6) is 1.04. The van der Waals surface area contributed by atoms with Crippen LogP contribution in [0.25, 0.3) is 0 Å². The standard InChI is InChI=1S/C13H27N/c1-3-4-8-12(2)14-11-13-9-6-5-7-10-13/h12-14H,3-11H2,1-2H3/p+1/t12-/m1/s1. The fourth-order valence-corrected chi connectivity index (χ4v) is 2.49. The average Bonchev–Trinajstić information content (AvgIpc) is 2.25. The lowest BCUT2D eigenvalue weighted by Crippen LogP contribution is -2.90. The van der Waals surface area contributed by atoms with Gasteiger partial charge in [0.15, 0.2) is 0 Å². The summed E-state index contributed by atoms with van der Waals surface area (Å²) in [6, 6.07) is 0.858. The van der Waals surface area contributed by atoms with Crippen molar-refractivity contribution in [3.05, 3.63) is 0 Å². The molecule has 0 aliphatic heterocycles. The minimum Gasteiger partial charge on any atom is -0.344 e. The molecule has 84 valence electrons. The van der Waals surface area contributed by atoms with Crippen molar-refractivity contribution in [1.29, 1.82) is 0 Å². The lowest BCUT2D eigenvalue weighted by Gasteiger charge is -2.21. The van der Waals surface area contributed by atoms with Crippen LogP contribution in [0.4, 0.5) is 0 Å². The normalized spacial score (nSPS) is 21.0. The number of rotatable bonds is 6. The number of unbranched alkanes of at least 4 members (excludes halogenated alkanes) is 1. The summed E-state index contributed by atoms with van der Waals surface area (Å²) < 4.78 is 0. The van der Waals surface area contributed by atoms with Gasteiger partial charge in [-0.25, -0.2) is 0 Å².